The molecule has 2 aromatic rings. The molecule has 0 saturated carbocycles. The van der Waals surface area contributed by atoms with E-state index in [9.17, 15) is 9.59 Å². The van der Waals surface area contributed by atoms with Crippen LogP contribution >= 0.6 is 0 Å². The van der Waals surface area contributed by atoms with Crippen LogP contribution in [-0.4, -0.2) is 47.1 Å². The van der Waals surface area contributed by atoms with Crippen molar-refractivity contribution in [1.82, 2.24) is 14.9 Å². The number of morpholine rings is 1. The molecule has 20 heavy (non-hydrogen) atoms. The minimum Gasteiger partial charge on any atom is -0.463 e. The van der Waals surface area contributed by atoms with Crippen molar-refractivity contribution < 1.29 is 13.9 Å². The third kappa shape index (κ3) is 2.48. The van der Waals surface area contributed by atoms with Gasteiger partial charge in [-0.3, -0.25) is 4.79 Å². The van der Waals surface area contributed by atoms with Crippen molar-refractivity contribution in [2.75, 3.05) is 26.3 Å². The Morgan fingerprint density at radius 3 is 2.85 bits per heavy atom. The first-order chi connectivity index (χ1) is 9.74. The van der Waals surface area contributed by atoms with E-state index in [1.165, 1.54) is 12.3 Å². The molecule has 0 bridgehead atoms. The molecule has 0 aliphatic carbocycles. The lowest BCUT2D eigenvalue weighted by Gasteiger charge is -2.26. The molecule has 7 heteroatoms. The normalized spacial score (nSPS) is 15.3. The van der Waals surface area contributed by atoms with Gasteiger partial charge in [0.1, 0.15) is 11.5 Å². The van der Waals surface area contributed by atoms with Crippen LogP contribution < -0.4 is 5.69 Å². The summed E-state index contributed by atoms with van der Waals surface area (Å²) < 4.78 is 10.4. The summed E-state index contributed by atoms with van der Waals surface area (Å²) >= 11 is 0. The Morgan fingerprint density at radius 2 is 2.15 bits per heavy atom. The number of carbonyl (C=O) groups excluding carboxylic acids is 1. The van der Waals surface area contributed by atoms with Gasteiger partial charge in [0.2, 0.25) is 0 Å². The summed E-state index contributed by atoms with van der Waals surface area (Å²) in [7, 11) is 0. The predicted molar refractivity (Wildman–Crippen MR) is 69.3 cm³/mol. The summed E-state index contributed by atoms with van der Waals surface area (Å²) in [5.41, 5.74) is -0.0239. The molecular formula is C13H13N3O4. The summed E-state index contributed by atoms with van der Waals surface area (Å²) in [5, 5.41) is 0. The van der Waals surface area contributed by atoms with Gasteiger partial charge >= 0.3 is 5.69 Å². The number of furan rings is 1. The molecule has 1 saturated heterocycles. The number of nitrogens with one attached hydrogen (secondary N) is 1. The van der Waals surface area contributed by atoms with E-state index in [1.54, 1.807) is 17.0 Å². The quantitative estimate of drug-likeness (QED) is 0.862. The Kier molecular flexibility index (Phi) is 3.34. The highest BCUT2D eigenvalue weighted by Gasteiger charge is 2.21. The highest BCUT2D eigenvalue weighted by Crippen LogP contribution is 2.17. The molecule has 1 N–H and O–H groups in total. The second-order valence-corrected chi connectivity index (χ2v) is 4.37. The second-order valence-electron chi connectivity index (χ2n) is 4.37. The van der Waals surface area contributed by atoms with Crippen molar-refractivity contribution in [3.8, 4) is 11.5 Å². The molecule has 0 atom stereocenters. The van der Waals surface area contributed by atoms with Crippen molar-refractivity contribution in [2.24, 2.45) is 0 Å². The molecule has 1 aliphatic heterocycles. The summed E-state index contributed by atoms with van der Waals surface area (Å²) in [6, 6.07) is 4.93. The van der Waals surface area contributed by atoms with Crippen molar-refractivity contribution in [3.05, 3.63) is 40.6 Å². The van der Waals surface area contributed by atoms with Crippen LogP contribution in [0.25, 0.3) is 11.5 Å². The monoisotopic (exact) mass is 275 g/mol. The summed E-state index contributed by atoms with van der Waals surface area (Å²) in [5.74, 6) is 0.215. The van der Waals surface area contributed by atoms with Gasteiger partial charge in [-0.25, -0.2) is 4.79 Å². The molecule has 0 radical (unpaired) electrons. The minimum atomic E-state index is -0.574. The highest BCUT2D eigenvalue weighted by atomic mass is 16.5. The van der Waals surface area contributed by atoms with Crippen LogP contribution in [0, 0.1) is 0 Å². The number of rotatable bonds is 2. The molecule has 1 fully saturated rings. The van der Waals surface area contributed by atoms with E-state index in [2.05, 4.69) is 9.97 Å². The SMILES string of the molecule is O=C(c1cc(-c2ccco2)[nH]c(=O)n1)N1CCOCC1. The molecule has 1 aliphatic rings. The lowest BCUT2D eigenvalue weighted by molar-refractivity contribution is 0.0298. The number of nitrogens with zero attached hydrogens (tertiary/aromatic N) is 2. The first-order valence-electron chi connectivity index (χ1n) is 6.26. The van der Waals surface area contributed by atoms with E-state index in [0.29, 0.717) is 37.8 Å². The third-order valence-electron chi connectivity index (χ3n) is 3.05. The van der Waals surface area contributed by atoms with Gasteiger partial charge in [0.05, 0.1) is 25.2 Å². The summed E-state index contributed by atoms with van der Waals surface area (Å²) in [6.07, 6.45) is 1.50. The average Bonchev–Trinajstić information content (AvgIpc) is 3.01. The summed E-state index contributed by atoms with van der Waals surface area (Å²) in [4.78, 5) is 31.8. The van der Waals surface area contributed by atoms with E-state index < -0.39 is 5.69 Å². The number of amides is 1. The lowest BCUT2D eigenvalue weighted by atomic mass is 10.2. The van der Waals surface area contributed by atoms with Crippen LogP contribution in [0.4, 0.5) is 0 Å². The molecular weight excluding hydrogens is 262 g/mol. The Bertz CT molecular complexity index is 657. The molecule has 3 rings (SSSR count). The van der Waals surface area contributed by atoms with Gasteiger partial charge in [0.25, 0.3) is 5.91 Å². The standard InChI is InChI=1S/C13H13N3O4/c17-12(16-3-6-19-7-4-16)10-8-9(14-13(18)15-10)11-2-1-5-20-11/h1-2,5,8H,3-4,6-7H2,(H,14,15,18). The van der Waals surface area contributed by atoms with Crippen molar-refractivity contribution in [2.45, 2.75) is 0 Å². The maximum atomic E-state index is 12.3. The fourth-order valence-electron chi connectivity index (χ4n) is 2.06. The van der Waals surface area contributed by atoms with Crippen molar-refractivity contribution >= 4 is 5.91 Å². The third-order valence-corrected chi connectivity index (χ3v) is 3.05. The minimum absolute atomic E-state index is 0.113. The van der Waals surface area contributed by atoms with Crippen molar-refractivity contribution in [1.29, 1.82) is 0 Å². The Balaban J connectivity index is 1.93. The van der Waals surface area contributed by atoms with Crippen LogP contribution in [-0.2, 0) is 4.74 Å². The second kappa shape index (κ2) is 5.30. The zero-order valence-electron chi connectivity index (χ0n) is 10.7. The van der Waals surface area contributed by atoms with E-state index in [4.69, 9.17) is 9.15 Å². The maximum absolute atomic E-state index is 12.3. The van der Waals surface area contributed by atoms with E-state index in [1.807, 2.05) is 0 Å². The van der Waals surface area contributed by atoms with Gasteiger partial charge < -0.3 is 19.0 Å². The number of aromatic amines is 1. The number of aromatic nitrogens is 2. The van der Waals surface area contributed by atoms with Gasteiger partial charge in [-0.1, -0.05) is 0 Å². The molecule has 2 aromatic heterocycles. The number of hydrogen-bond acceptors (Lipinski definition) is 5. The first kappa shape index (κ1) is 12.6. The number of carbonyl (C=O) groups is 1. The molecule has 104 valence electrons. The van der Waals surface area contributed by atoms with Gasteiger partial charge in [0, 0.05) is 13.1 Å². The van der Waals surface area contributed by atoms with Gasteiger partial charge in [-0.15, -0.1) is 0 Å². The fraction of sp³-hybridized carbons (Fsp3) is 0.308. The van der Waals surface area contributed by atoms with Crippen molar-refractivity contribution in [3.63, 3.8) is 0 Å². The van der Waals surface area contributed by atoms with Crippen LogP contribution in [0.5, 0.6) is 0 Å². The van der Waals surface area contributed by atoms with Crippen LogP contribution in [0.1, 0.15) is 10.5 Å². The Labute approximate surface area is 114 Å². The number of hydrogen-bond donors (Lipinski definition) is 1. The van der Waals surface area contributed by atoms with Gasteiger partial charge in [-0.05, 0) is 18.2 Å². The summed E-state index contributed by atoms with van der Waals surface area (Å²) in [6.45, 7) is 2.01. The smallest absolute Gasteiger partial charge is 0.346 e. The molecule has 0 spiro atoms. The van der Waals surface area contributed by atoms with E-state index in [0.717, 1.165) is 0 Å². The van der Waals surface area contributed by atoms with Gasteiger partial charge in [0.15, 0.2) is 0 Å². The predicted octanol–water partition coefficient (Wildman–Crippen LogP) is 0.502. The Morgan fingerprint density at radius 1 is 1.35 bits per heavy atom. The largest absolute Gasteiger partial charge is 0.463 e. The lowest BCUT2D eigenvalue weighted by Crippen LogP contribution is -2.41. The number of H-pyrrole nitrogens is 1. The zero-order chi connectivity index (χ0) is 13.9. The topological polar surface area (TPSA) is 88.4 Å². The Hall–Kier alpha value is -2.41. The van der Waals surface area contributed by atoms with E-state index >= 15 is 0 Å². The van der Waals surface area contributed by atoms with E-state index in [-0.39, 0.29) is 11.6 Å². The zero-order valence-corrected chi connectivity index (χ0v) is 10.7. The van der Waals surface area contributed by atoms with Gasteiger partial charge in [-0.2, -0.15) is 4.98 Å². The maximum Gasteiger partial charge on any atom is 0.346 e. The van der Waals surface area contributed by atoms with Crippen LogP contribution in [0.15, 0.2) is 33.7 Å². The molecule has 0 unspecified atom stereocenters. The highest BCUT2D eigenvalue weighted by molar-refractivity contribution is 5.93. The fourth-order valence-corrected chi connectivity index (χ4v) is 2.06. The molecule has 7 nitrogen and oxygen atoms in total. The molecule has 1 amide bonds. The number of ether oxygens (including phenoxy) is 1. The first-order valence-corrected chi connectivity index (χ1v) is 6.26. The molecule has 0 aromatic carbocycles. The molecule has 3 heterocycles. The van der Waals surface area contributed by atoms with Crippen LogP contribution in [0.3, 0.4) is 0 Å². The average molecular weight is 275 g/mol. The van der Waals surface area contributed by atoms with Crippen LogP contribution in [0.2, 0.25) is 0 Å².